The van der Waals surface area contributed by atoms with Crippen LogP contribution in [0, 0.1) is 5.41 Å². The van der Waals surface area contributed by atoms with Crippen LogP contribution in [0.5, 0.6) is 0 Å². The van der Waals surface area contributed by atoms with Crippen molar-refractivity contribution in [2.45, 2.75) is 45.3 Å². The van der Waals surface area contributed by atoms with Gasteiger partial charge in [0.05, 0.1) is 0 Å². The van der Waals surface area contributed by atoms with Gasteiger partial charge in [0, 0.05) is 0 Å². The van der Waals surface area contributed by atoms with E-state index in [9.17, 15) is 0 Å². The van der Waals surface area contributed by atoms with Crippen molar-refractivity contribution >= 4 is 7.12 Å². The third-order valence-electron chi connectivity index (χ3n) is 2.81. The summed E-state index contributed by atoms with van der Waals surface area (Å²) in [6, 6.07) is 0. The van der Waals surface area contributed by atoms with Crippen LogP contribution in [0.25, 0.3) is 0 Å². The zero-order chi connectivity index (χ0) is 8.48. The predicted molar refractivity (Wildman–Crippen MR) is 46.2 cm³/mol. The average Bonchev–Trinajstić information content (AvgIpc) is 1.86. The highest BCUT2D eigenvalue weighted by atomic mass is 16.4. The molecule has 64 valence electrons. The minimum Gasteiger partial charge on any atom is -0.427 e. The first-order valence-corrected chi connectivity index (χ1v) is 4.37. The standard InChI is InChI=1S/C8H17BO2/c1-8(2)5-3-7(4-6-8)9(10)11/h7,10-11H,3-6H2,1-2H3. The molecule has 0 aromatic carbocycles. The van der Waals surface area contributed by atoms with Crippen LogP contribution in [0.15, 0.2) is 0 Å². The first kappa shape index (κ1) is 9.08. The van der Waals surface area contributed by atoms with E-state index in [1.165, 1.54) is 0 Å². The molecular formula is C8H17BO2. The van der Waals surface area contributed by atoms with Crippen LogP contribution in [0.2, 0.25) is 5.82 Å². The minimum absolute atomic E-state index is 0.128. The molecule has 1 fully saturated rings. The molecule has 0 amide bonds. The maximum atomic E-state index is 8.90. The van der Waals surface area contributed by atoms with Crippen molar-refractivity contribution in [2.75, 3.05) is 0 Å². The number of hydrogen-bond donors (Lipinski definition) is 2. The van der Waals surface area contributed by atoms with E-state index in [0.29, 0.717) is 5.41 Å². The van der Waals surface area contributed by atoms with Crippen molar-refractivity contribution in [2.24, 2.45) is 5.41 Å². The van der Waals surface area contributed by atoms with Gasteiger partial charge in [-0.25, -0.2) is 0 Å². The molecule has 3 heteroatoms. The second-order valence-electron chi connectivity index (χ2n) is 4.42. The van der Waals surface area contributed by atoms with E-state index in [1.807, 2.05) is 0 Å². The van der Waals surface area contributed by atoms with Crippen LogP contribution in [-0.4, -0.2) is 17.2 Å². The molecule has 0 spiro atoms. The Bertz CT molecular complexity index is 124. The Hall–Kier alpha value is -0.0151. The van der Waals surface area contributed by atoms with Crippen molar-refractivity contribution in [3.8, 4) is 0 Å². The predicted octanol–water partition coefficient (Wildman–Crippen LogP) is 1.43. The lowest BCUT2D eigenvalue weighted by Crippen LogP contribution is -2.28. The third-order valence-corrected chi connectivity index (χ3v) is 2.81. The zero-order valence-electron chi connectivity index (χ0n) is 7.38. The second kappa shape index (κ2) is 3.15. The maximum absolute atomic E-state index is 8.90. The van der Waals surface area contributed by atoms with Gasteiger partial charge >= 0.3 is 7.12 Å². The Kier molecular flexibility index (Phi) is 2.60. The summed E-state index contributed by atoms with van der Waals surface area (Å²) in [6.45, 7) is 4.49. The summed E-state index contributed by atoms with van der Waals surface area (Å²) >= 11 is 0. The molecule has 0 aliphatic heterocycles. The number of rotatable bonds is 1. The number of hydrogen-bond acceptors (Lipinski definition) is 2. The molecule has 11 heavy (non-hydrogen) atoms. The van der Waals surface area contributed by atoms with Crippen molar-refractivity contribution in [3.63, 3.8) is 0 Å². The van der Waals surface area contributed by atoms with Gasteiger partial charge in [-0.3, -0.25) is 0 Å². The highest BCUT2D eigenvalue weighted by molar-refractivity contribution is 6.43. The van der Waals surface area contributed by atoms with Gasteiger partial charge in [-0.2, -0.15) is 0 Å². The van der Waals surface area contributed by atoms with E-state index < -0.39 is 7.12 Å². The van der Waals surface area contributed by atoms with Crippen LogP contribution < -0.4 is 0 Å². The average molecular weight is 156 g/mol. The normalized spacial score (nSPS) is 25.1. The summed E-state index contributed by atoms with van der Waals surface area (Å²) in [5.74, 6) is 0.128. The van der Waals surface area contributed by atoms with Crippen molar-refractivity contribution in [3.05, 3.63) is 0 Å². The Morgan fingerprint density at radius 1 is 1.18 bits per heavy atom. The van der Waals surface area contributed by atoms with Gasteiger partial charge in [0.1, 0.15) is 0 Å². The first-order valence-electron chi connectivity index (χ1n) is 4.37. The van der Waals surface area contributed by atoms with E-state index in [4.69, 9.17) is 10.0 Å². The van der Waals surface area contributed by atoms with E-state index in [-0.39, 0.29) is 5.82 Å². The van der Waals surface area contributed by atoms with Gasteiger partial charge in [0.2, 0.25) is 0 Å². The van der Waals surface area contributed by atoms with E-state index in [2.05, 4.69) is 13.8 Å². The molecule has 1 rings (SSSR count). The fourth-order valence-corrected chi connectivity index (χ4v) is 1.72. The summed E-state index contributed by atoms with van der Waals surface area (Å²) in [4.78, 5) is 0. The molecule has 2 nitrogen and oxygen atoms in total. The Morgan fingerprint density at radius 3 is 2.00 bits per heavy atom. The Labute approximate surface area is 68.8 Å². The molecule has 0 bridgehead atoms. The quantitative estimate of drug-likeness (QED) is 0.563. The topological polar surface area (TPSA) is 40.5 Å². The second-order valence-corrected chi connectivity index (χ2v) is 4.42. The van der Waals surface area contributed by atoms with Gasteiger partial charge in [0.25, 0.3) is 0 Å². The minimum atomic E-state index is -1.09. The Balaban J connectivity index is 2.36. The van der Waals surface area contributed by atoms with Gasteiger partial charge in [-0.05, 0) is 24.1 Å². The third kappa shape index (κ3) is 2.49. The highest BCUT2D eigenvalue weighted by Crippen LogP contribution is 2.40. The van der Waals surface area contributed by atoms with Crippen LogP contribution in [0.4, 0.5) is 0 Å². The SMILES string of the molecule is CC1(C)CCC(B(O)O)CC1. The monoisotopic (exact) mass is 156 g/mol. The first-order chi connectivity index (χ1) is 5.01. The van der Waals surface area contributed by atoms with Crippen LogP contribution >= 0.6 is 0 Å². The summed E-state index contributed by atoms with van der Waals surface area (Å²) in [6.07, 6.45) is 4.17. The van der Waals surface area contributed by atoms with E-state index in [1.54, 1.807) is 0 Å². The lowest BCUT2D eigenvalue weighted by atomic mass is 9.60. The van der Waals surface area contributed by atoms with Gasteiger partial charge in [0.15, 0.2) is 0 Å². The summed E-state index contributed by atoms with van der Waals surface area (Å²) in [5.41, 5.74) is 0.422. The van der Waals surface area contributed by atoms with E-state index in [0.717, 1.165) is 25.7 Å². The smallest absolute Gasteiger partial charge is 0.427 e. The molecule has 1 aliphatic rings. The summed E-state index contributed by atoms with van der Waals surface area (Å²) in [5, 5.41) is 17.8. The molecule has 0 aromatic heterocycles. The Morgan fingerprint density at radius 2 is 1.64 bits per heavy atom. The van der Waals surface area contributed by atoms with Gasteiger partial charge < -0.3 is 10.0 Å². The van der Waals surface area contributed by atoms with Crippen molar-refractivity contribution in [1.82, 2.24) is 0 Å². The lowest BCUT2D eigenvalue weighted by Gasteiger charge is -2.33. The molecule has 0 aromatic rings. The lowest BCUT2D eigenvalue weighted by molar-refractivity contribution is 0.225. The van der Waals surface area contributed by atoms with Crippen molar-refractivity contribution < 1.29 is 10.0 Å². The fourth-order valence-electron chi connectivity index (χ4n) is 1.72. The molecule has 0 radical (unpaired) electrons. The van der Waals surface area contributed by atoms with Crippen LogP contribution in [0.3, 0.4) is 0 Å². The maximum Gasteiger partial charge on any atom is 0.454 e. The molecule has 0 unspecified atom stereocenters. The largest absolute Gasteiger partial charge is 0.454 e. The van der Waals surface area contributed by atoms with E-state index >= 15 is 0 Å². The summed E-state index contributed by atoms with van der Waals surface area (Å²) in [7, 11) is -1.09. The molecule has 0 heterocycles. The molecule has 0 saturated heterocycles. The molecular weight excluding hydrogens is 139 g/mol. The summed E-state index contributed by atoms with van der Waals surface area (Å²) < 4.78 is 0. The fraction of sp³-hybridized carbons (Fsp3) is 1.00. The van der Waals surface area contributed by atoms with Crippen LogP contribution in [0.1, 0.15) is 39.5 Å². The molecule has 0 atom stereocenters. The van der Waals surface area contributed by atoms with Crippen LogP contribution in [-0.2, 0) is 0 Å². The molecule has 1 aliphatic carbocycles. The highest BCUT2D eigenvalue weighted by Gasteiger charge is 2.32. The molecule has 2 N–H and O–H groups in total. The molecule has 1 saturated carbocycles. The van der Waals surface area contributed by atoms with Gasteiger partial charge in [-0.15, -0.1) is 0 Å². The zero-order valence-corrected chi connectivity index (χ0v) is 7.38. The van der Waals surface area contributed by atoms with Crippen molar-refractivity contribution in [1.29, 1.82) is 0 Å². The van der Waals surface area contributed by atoms with Gasteiger partial charge in [-0.1, -0.05) is 26.7 Å².